The van der Waals surface area contributed by atoms with Gasteiger partial charge in [0, 0.05) is 12.5 Å². The Kier molecular flexibility index (Phi) is 3.49. The van der Waals surface area contributed by atoms with Crippen LogP contribution in [-0.4, -0.2) is 18.8 Å². The van der Waals surface area contributed by atoms with E-state index in [9.17, 15) is 15.8 Å². The second-order valence-corrected chi connectivity index (χ2v) is 6.36. The number of fused-ring (bicyclic) bond motifs is 3. The number of hydrogen-bond donors (Lipinski definition) is 1. The summed E-state index contributed by atoms with van der Waals surface area (Å²) in [5.74, 6) is -2.11. The minimum atomic E-state index is -1.90. The highest BCUT2D eigenvalue weighted by Gasteiger charge is 2.78. The first-order chi connectivity index (χ1) is 11.9. The molecule has 2 bridgehead atoms. The van der Waals surface area contributed by atoms with E-state index in [1.165, 1.54) is 7.11 Å². The number of nitrogens with one attached hydrogen (secondary N) is 1. The molecular weight excluding hydrogens is 320 g/mol. The van der Waals surface area contributed by atoms with Crippen LogP contribution in [0.2, 0.25) is 0 Å². The normalized spacial score (nSPS) is 35.0. The van der Waals surface area contributed by atoms with Crippen LogP contribution in [0.4, 0.5) is 0 Å². The summed E-state index contributed by atoms with van der Waals surface area (Å²) in [7, 11) is 1.48. The highest BCUT2D eigenvalue weighted by molar-refractivity contribution is 5.89. The van der Waals surface area contributed by atoms with Crippen LogP contribution in [0.15, 0.2) is 24.3 Å². The molecule has 0 amide bonds. The Hall–Kier alpha value is -3.08. The molecule has 126 valence electrons. The number of rotatable bonds is 2. The van der Waals surface area contributed by atoms with Crippen LogP contribution < -0.4 is 4.74 Å². The number of para-hydroxylation sites is 1. The van der Waals surface area contributed by atoms with Gasteiger partial charge in [0.25, 0.3) is 0 Å². The van der Waals surface area contributed by atoms with Gasteiger partial charge in [0.2, 0.25) is 11.7 Å². The third kappa shape index (κ3) is 1.72. The van der Waals surface area contributed by atoms with Crippen molar-refractivity contribution in [1.82, 2.24) is 0 Å². The molecule has 0 unspecified atom stereocenters. The van der Waals surface area contributed by atoms with Gasteiger partial charge in [-0.2, -0.15) is 15.8 Å². The second-order valence-electron chi connectivity index (χ2n) is 6.36. The molecule has 4 atom stereocenters. The average molecular weight is 336 g/mol. The summed E-state index contributed by atoms with van der Waals surface area (Å²) in [5, 5.41) is 38.2. The van der Waals surface area contributed by atoms with Crippen molar-refractivity contribution in [3.63, 3.8) is 0 Å². The van der Waals surface area contributed by atoms with Crippen molar-refractivity contribution >= 4 is 5.90 Å². The van der Waals surface area contributed by atoms with Crippen molar-refractivity contribution in [1.29, 1.82) is 21.2 Å². The molecular formula is C18H16N4O3. The van der Waals surface area contributed by atoms with Crippen molar-refractivity contribution in [3.05, 3.63) is 29.8 Å². The summed E-state index contributed by atoms with van der Waals surface area (Å²) in [4.78, 5) is 0. The number of benzene rings is 1. The maximum absolute atomic E-state index is 10.0. The fourth-order valence-electron chi connectivity index (χ4n) is 3.83. The van der Waals surface area contributed by atoms with E-state index in [4.69, 9.17) is 19.6 Å². The van der Waals surface area contributed by atoms with E-state index < -0.39 is 34.5 Å². The van der Waals surface area contributed by atoms with E-state index >= 15 is 0 Å². The molecule has 1 aromatic rings. The van der Waals surface area contributed by atoms with Gasteiger partial charge in [0.05, 0.1) is 31.2 Å². The van der Waals surface area contributed by atoms with Gasteiger partial charge in [-0.3, -0.25) is 5.41 Å². The van der Waals surface area contributed by atoms with Crippen molar-refractivity contribution < 1.29 is 14.2 Å². The fourth-order valence-corrected chi connectivity index (χ4v) is 3.83. The minimum absolute atomic E-state index is 0.430. The summed E-state index contributed by atoms with van der Waals surface area (Å²) >= 11 is 0. The zero-order chi connectivity index (χ0) is 18.5. The molecule has 3 aliphatic heterocycles. The quantitative estimate of drug-likeness (QED) is 0.885. The molecule has 1 aromatic carbocycles. The molecule has 3 heterocycles. The van der Waals surface area contributed by atoms with Gasteiger partial charge in [-0.1, -0.05) is 25.1 Å². The van der Waals surface area contributed by atoms with Gasteiger partial charge in [-0.15, -0.1) is 0 Å². The third-order valence-corrected chi connectivity index (χ3v) is 5.42. The Morgan fingerprint density at radius 3 is 2.36 bits per heavy atom. The van der Waals surface area contributed by atoms with Gasteiger partial charge >= 0.3 is 0 Å². The van der Waals surface area contributed by atoms with Crippen LogP contribution in [0, 0.1) is 56.2 Å². The van der Waals surface area contributed by atoms with Crippen LogP contribution in [0.25, 0.3) is 0 Å². The van der Waals surface area contributed by atoms with Crippen molar-refractivity contribution in [2.45, 2.75) is 25.7 Å². The Morgan fingerprint density at radius 1 is 1.16 bits per heavy atom. The molecule has 7 heteroatoms. The topological polar surface area (TPSA) is 123 Å². The van der Waals surface area contributed by atoms with E-state index in [-0.39, 0.29) is 0 Å². The minimum Gasteiger partial charge on any atom is -0.496 e. The summed E-state index contributed by atoms with van der Waals surface area (Å²) in [6.45, 7) is 3.21. The number of hydrogen-bond acceptors (Lipinski definition) is 7. The van der Waals surface area contributed by atoms with Gasteiger partial charge in [0.1, 0.15) is 11.9 Å². The zero-order valence-corrected chi connectivity index (χ0v) is 14.0. The van der Waals surface area contributed by atoms with Gasteiger partial charge in [-0.25, -0.2) is 0 Å². The molecule has 1 N–H and O–H groups in total. The predicted octanol–water partition coefficient (Wildman–Crippen LogP) is 2.67. The van der Waals surface area contributed by atoms with Gasteiger partial charge < -0.3 is 14.2 Å². The fraction of sp³-hybridized carbons (Fsp3) is 0.444. The largest absolute Gasteiger partial charge is 0.496 e. The smallest absolute Gasteiger partial charge is 0.215 e. The third-order valence-electron chi connectivity index (χ3n) is 5.42. The Bertz CT molecular complexity index is 864. The lowest BCUT2D eigenvalue weighted by molar-refractivity contribution is -0.338. The van der Waals surface area contributed by atoms with Crippen molar-refractivity contribution in [2.24, 2.45) is 16.7 Å². The first kappa shape index (κ1) is 16.8. The Labute approximate surface area is 145 Å². The molecule has 3 saturated heterocycles. The number of nitriles is 3. The van der Waals surface area contributed by atoms with Crippen LogP contribution in [-0.2, 0) is 9.47 Å². The van der Waals surface area contributed by atoms with Crippen LogP contribution in [0.3, 0.4) is 0 Å². The highest BCUT2D eigenvalue weighted by Crippen LogP contribution is 2.66. The SMILES string of the molecule is COc1ccccc1[C@H]1O[C@]2(C)OC(=N)[C@]1(C#N)C(C#N)(C#N)[C@@H]2C. The summed E-state index contributed by atoms with van der Waals surface area (Å²) in [6.07, 6.45) is -1.05. The Balaban J connectivity index is 2.37. The molecule has 0 spiro atoms. The first-order valence-corrected chi connectivity index (χ1v) is 7.69. The first-order valence-electron chi connectivity index (χ1n) is 7.69. The standard InChI is InChI=1S/C18H16N4O3/c1-11-16(2)24-14(12-6-4-5-7-13(12)23-3)18(10-21,15(22)25-16)17(11,8-19)9-20/h4-7,11,14,22H,1-3H3/t11-,14-,16-,18-/m1/s1. The molecule has 0 saturated carbocycles. The maximum Gasteiger partial charge on any atom is 0.215 e. The summed E-state index contributed by atoms with van der Waals surface area (Å²) in [5.41, 5.74) is -3.20. The lowest BCUT2D eigenvalue weighted by atomic mass is 9.51. The number of ether oxygens (including phenoxy) is 3. The van der Waals surface area contributed by atoms with E-state index in [1.54, 1.807) is 38.1 Å². The molecule has 0 radical (unpaired) electrons. The molecule has 3 aliphatic rings. The molecule has 0 aromatic heterocycles. The predicted molar refractivity (Wildman–Crippen MR) is 84.9 cm³/mol. The molecule has 0 aliphatic carbocycles. The van der Waals surface area contributed by atoms with E-state index in [1.807, 2.05) is 18.2 Å². The monoisotopic (exact) mass is 336 g/mol. The molecule has 3 fully saturated rings. The lowest BCUT2D eigenvalue weighted by Gasteiger charge is -2.60. The zero-order valence-electron chi connectivity index (χ0n) is 14.0. The molecule has 7 nitrogen and oxygen atoms in total. The lowest BCUT2D eigenvalue weighted by Crippen LogP contribution is -2.71. The maximum atomic E-state index is 10.0. The summed E-state index contributed by atoms with van der Waals surface area (Å²) in [6, 6.07) is 12.9. The van der Waals surface area contributed by atoms with E-state index in [0.29, 0.717) is 11.3 Å². The van der Waals surface area contributed by atoms with E-state index in [2.05, 4.69) is 0 Å². The van der Waals surface area contributed by atoms with Crippen LogP contribution >= 0.6 is 0 Å². The van der Waals surface area contributed by atoms with Crippen molar-refractivity contribution in [2.75, 3.05) is 7.11 Å². The Morgan fingerprint density at radius 2 is 1.80 bits per heavy atom. The average Bonchev–Trinajstić information content (AvgIpc) is 2.63. The molecule has 4 rings (SSSR count). The second kappa shape index (κ2) is 5.21. The number of methoxy groups -OCH3 is 1. The summed E-state index contributed by atoms with van der Waals surface area (Å²) < 4.78 is 17.0. The van der Waals surface area contributed by atoms with Gasteiger partial charge in [0.15, 0.2) is 10.8 Å². The van der Waals surface area contributed by atoms with Gasteiger partial charge in [-0.05, 0) is 6.07 Å². The van der Waals surface area contributed by atoms with Crippen LogP contribution in [0.5, 0.6) is 5.75 Å². The number of nitrogens with zero attached hydrogens (tertiary/aromatic N) is 3. The highest BCUT2D eigenvalue weighted by atomic mass is 16.7. The van der Waals surface area contributed by atoms with E-state index in [0.717, 1.165) is 0 Å². The molecule has 25 heavy (non-hydrogen) atoms. The van der Waals surface area contributed by atoms with Crippen LogP contribution in [0.1, 0.15) is 25.5 Å². The van der Waals surface area contributed by atoms with Crippen molar-refractivity contribution in [3.8, 4) is 24.0 Å².